The first-order chi connectivity index (χ1) is 9.42. The fraction of sp³-hybridized carbons (Fsp3) is 0.688. The Bertz CT molecular complexity index is 357. The van der Waals surface area contributed by atoms with E-state index in [0.29, 0.717) is 0 Å². The molecule has 1 fully saturated rings. The van der Waals surface area contributed by atoms with Gasteiger partial charge in [-0.3, -0.25) is 4.98 Å². The normalized spacial score (nSPS) is 17.0. The maximum atomic E-state index is 4.29. The van der Waals surface area contributed by atoms with Gasteiger partial charge >= 0.3 is 0 Å². The summed E-state index contributed by atoms with van der Waals surface area (Å²) in [6.07, 6.45) is 12.0. The molecule has 0 spiro atoms. The van der Waals surface area contributed by atoms with Crippen molar-refractivity contribution in [2.45, 2.75) is 52.0 Å². The van der Waals surface area contributed by atoms with E-state index in [2.05, 4.69) is 28.2 Å². The molecule has 1 aliphatic heterocycles. The third kappa shape index (κ3) is 4.50. The minimum Gasteiger partial charge on any atom is -0.371 e. The summed E-state index contributed by atoms with van der Waals surface area (Å²) in [5.74, 6) is 0. The van der Waals surface area contributed by atoms with Crippen LogP contribution in [0.25, 0.3) is 0 Å². The lowest BCUT2D eigenvalue weighted by atomic mass is 10.1. The van der Waals surface area contributed by atoms with E-state index in [1.54, 1.807) is 0 Å². The van der Waals surface area contributed by atoms with Crippen LogP contribution in [0.1, 0.15) is 51.0 Å². The molecule has 2 rings (SSSR count). The molecule has 1 saturated heterocycles. The summed E-state index contributed by atoms with van der Waals surface area (Å²) >= 11 is 0. The minimum atomic E-state index is 0.938. The molecule has 1 aliphatic rings. The van der Waals surface area contributed by atoms with E-state index in [-0.39, 0.29) is 0 Å². The molecule has 0 amide bonds. The van der Waals surface area contributed by atoms with Gasteiger partial charge in [-0.2, -0.15) is 0 Å². The van der Waals surface area contributed by atoms with E-state index in [1.807, 2.05) is 12.4 Å². The van der Waals surface area contributed by atoms with Crippen molar-refractivity contribution >= 4 is 5.69 Å². The summed E-state index contributed by atoms with van der Waals surface area (Å²) in [6, 6.07) is 2.19. The van der Waals surface area contributed by atoms with Crippen molar-refractivity contribution in [3.63, 3.8) is 0 Å². The summed E-state index contributed by atoms with van der Waals surface area (Å²) < 4.78 is 0. The summed E-state index contributed by atoms with van der Waals surface area (Å²) in [4.78, 5) is 6.85. The molecule has 0 saturated carbocycles. The van der Waals surface area contributed by atoms with Crippen molar-refractivity contribution < 1.29 is 0 Å². The lowest BCUT2D eigenvalue weighted by molar-refractivity contribution is 0.554. The molecule has 3 heteroatoms. The highest BCUT2D eigenvalue weighted by molar-refractivity contribution is 5.52. The second-order valence-electron chi connectivity index (χ2n) is 5.44. The fourth-order valence-electron chi connectivity index (χ4n) is 2.75. The Balaban J connectivity index is 2.03. The Morgan fingerprint density at radius 2 is 1.89 bits per heavy atom. The average molecular weight is 261 g/mol. The molecule has 1 N–H and O–H groups in total. The second kappa shape index (κ2) is 8.16. The number of pyridine rings is 1. The van der Waals surface area contributed by atoms with Gasteiger partial charge in [0.05, 0.1) is 0 Å². The Kier molecular flexibility index (Phi) is 6.15. The van der Waals surface area contributed by atoms with Crippen LogP contribution in [0, 0.1) is 0 Å². The number of nitrogens with zero attached hydrogens (tertiary/aromatic N) is 2. The van der Waals surface area contributed by atoms with Crippen LogP contribution in [0.4, 0.5) is 5.69 Å². The van der Waals surface area contributed by atoms with Gasteiger partial charge in [-0.25, -0.2) is 0 Å². The van der Waals surface area contributed by atoms with E-state index in [9.17, 15) is 0 Å². The molecule has 1 aromatic rings. The summed E-state index contributed by atoms with van der Waals surface area (Å²) in [7, 11) is 0. The number of rotatable bonds is 5. The number of nitrogens with one attached hydrogen (secondary N) is 1. The number of anilines is 1. The highest BCUT2D eigenvalue weighted by atomic mass is 15.1. The molecule has 106 valence electrons. The largest absolute Gasteiger partial charge is 0.371 e. The van der Waals surface area contributed by atoms with Crippen LogP contribution in [0.5, 0.6) is 0 Å². The first kappa shape index (κ1) is 14.3. The molecule has 0 radical (unpaired) electrons. The third-order valence-electron chi connectivity index (χ3n) is 3.82. The second-order valence-corrected chi connectivity index (χ2v) is 5.44. The number of hydrogen-bond acceptors (Lipinski definition) is 3. The van der Waals surface area contributed by atoms with E-state index < -0.39 is 0 Å². The van der Waals surface area contributed by atoms with Gasteiger partial charge in [-0.05, 0) is 31.9 Å². The third-order valence-corrected chi connectivity index (χ3v) is 3.82. The summed E-state index contributed by atoms with van der Waals surface area (Å²) in [5, 5.41) is 3.49. The lowest BCUT2D eigenvalue weighted by Gasteiger charge is -2.28. The molecule has 3 nitrogen and oxygen atoms in total. The van der Waals surface area contributed by atoms with Crippen LogP contribution in [0.15, 0.2) is 18.5 Å². The zero-order chi connectivity index (χ0) is 13.3. The van der Waals surface area contributed by atoms with E-state index in [1.165, 1.54) is 62.9 Å². The van der Waals surface area contributed by atoms with E-state index >= 15 is 0 Å². The zero-order valence-corrected chi connectivity index (χ0v) is 12.2. The Labute approximate surface area is 117 Å². The van der Waals surface area contributed by atoms with Gasteiger partial charge in [-0.1, -0.05) is 26.2 Å². The maximum absolute atomic E-state index is 4.29. The van der Waals surface area contributed by atoms with Gasteiger partial charge in [0.25, 0.3) is 0 Å². The van der Waals surface area contributed by atoms with E-state index in [4.69, 9.17) is 0 Å². The average Bonchev–Trinajstić information content (AvgIpc) is 2.40. The number of aromatic nitrogens is 1. The lowest BCUT2D eigenvalue weighted by Crippen LogP contribution is -2.29. The Hall–Kier alpha value is -1.09. The van der Waals surface area contributed by atoms with Crippen molar-refractivity contribution in [3.8, 4) is 0 Å². The topological polar surface area (TPSA) is 28.2 Å². The van der Waals surface area contributed by atoms with Crippen molar-refractivity contribution in [1.29, 1.82) is 0 Å². The molecule has 0 bridgehead atoms. The quantitative estimate of drug-likeness (QED) is 0.824. The smallest absolute Gasteiger partial charge is 0.0442 e. The van der Waals surface area contributed by atoms with Gasteiger partial charge in [-0.15, -0.1) is 0 Å². The first-order valence-electron chi connectivity index (χ1n) is 7.80. The minimum absolute atomic E-state index is 0.938. The van der Waals surface area contributed by atoms with Crippen LogP contribution in [-0.2, 0) is 6.54 Å². The maximum Gasteiger partial charge on any atom is 0.0442 e. The van der Waals surface area contributed by atoms with Crippen LogP contribution < -0.4 is 10.2 Å². The van der Waals surface area contributed by atoms with Crippen LogP contribution in [0.2, 0.25) is 0 Å². The molecular weight excluding hydrogens is 234 g/mol. The molecular formula is C16H27N3. The molecule has 1 aromatic heterocycles. The van der Waals surface area contributed by atoms with Gasteiger partial charge in [0.1, 0.15) is 0 Å². The van der Waals surface area contributed by atoms with Gasteiger partial charge in [0.15, 0.2) is 0 Å². The zero-order valence-electron chi connectivity index (χ0n) is 12.2. The molecule has 0 unspecified atom stereocenters. The predicted molar refractivity (Wildman–Crippen MR) is 81.5 cm³/mol. The van der Waals surface area contributed by atoms with Crippen molar-refractivity contribution in [1.82, 2.24) is 10.3 Å². The highest BCUT2D eigenvalue weighted by Gasteiger charge is 2.12. The molecule has 0 aromatic carbocycles. The first-order valence-corrected chi connectivity index (χ1v) is 7.80. The van der Waals surface area contributed by atoms with Crippen LogP contribution in [0.3, 0.4) is 0 Å². The van der Waals surface area contributed by atoms with E-state index in [0.717, 1.165) is 13.1 Å². The van der Waals surface area contributed by atoms with Gasteiger partial charge < -0.3 is 10.2 Å². The van der Waals surface area contributed by atoms with Crippen molar-refractivity contribution in [2.24, 2.45) is 0 Å². The van der Waals surface area contributed by atoms with Gasteiger partial charge in [0.2, 0.25) is 0 Å². The SMILES string of the molecule is CCCNCc1cnccc1N1CCCCCCC1. The molecule has 0 aliphatic carbocycles. The van der Waals surface area contributed by atoms with Crippen molar-refractivity contribution in [3.05, 3.63) is 24.0 Å². The Morgan fingerprint density at radius 1 is 1.16 bits per heavy atom. The van der Waals surface area contributed by atoms with Crippen LogP contribution in [-0.4, -0.2) is 24.6 Å². The highest BCUT2D eigenvalue weighted by Crippen LogP contribution is 2.22. The molecule has 2 heterocycles. The molecule has 0 atom stereocenters. The predicted octanol–water partition coefficient (Wildman–Crippen LogP) is 3.35. The standard InChI is InChI=1S/C16H27N3/c1-2-9-17-13-15-14-18-10-8-16(15)19-11-6-4-3-5-7-12-19/h8,10,14,17H,2-7,9,11-13H2,1H3. The Morgan fingerprint density at radius 3 is 2.63 bits per heavy atom. The number of hydrogen-bond donors (Lipinski definition) is 1. The van der Waals surface area contributed by atoms with Crippen molar-refractivity contribution in [2.75, 3.05) is 24.5 Å². The summed E-state index contributed by atoms with van der Waals surface area (Å²) in [5.41, 5.74) is 2.73. The molecule has 19 heavy (non-hydrogen) atoms. The van der Waals surface area contributed by atoms with Gasteiger partial charge in [0, 0.05) is 43.3 Å². The monoisotopic (exact) mass is 261 g/mol. The fourth-order valence-corrected chi connectivity index (χ4v) is 2.75. The summed E-state index contributed by atoms with van der Waals surface area (Å²) in [6.45, 7) is 6.62. The van der Waals surface area contributed by atoms with Crippen LogP contribution >= 0.6 is 0 Å².